The zero-order chi connectivity index (χ0) is 17.3. The Labute approximate surface area is 141 Å². The van der Waals surface area contributed by atoms with Crippen LogP contribution in [0.4, 0.5) is 4.79 Å². The molecular formula is C13H14N6O3S2. The van der Waals surface area contributed by atoms with Crippen LogP contribution in [0.25, 0.3) is 4.96 Å². The average Bonchev–Trinajstić information content (AvgIpc) is 3.07. The maximum atomic E-state index is 12.1. The number of carbonyl (C=O) groups is 1. The molecule has 3 aromatic rings. The molecule has 0 atom stereocenters. The summed E-state index contributed by atoms with van der Waals surface area (Å²) in [5.41, 5.74) is 0.928. The number of sulfonamides is 1. The molecule has 2 N–H and O–H groups in total. The number of nitrogens with zero attached hydrogens (tertiary/aromatic N) is 4. The molecule has 0 bridgehead atoms. The predicted molar refractivity (Wildman–Crippen MR) is 87.1 cm³/mol. The Bertz CT molecular complexity index is 991. The largest absolute Gasteiger partial charge is 0.331 e. The van der Waals surface area contributed by atoms with Gasteiger partial charge in [0.1, 0.15) is 5.01 Å². The first-order chi connectivity index (χ1) is 11.3. The van der Waals surface area contributed by atoms with Crippen LogP contribution in [0.2, 0.25) is 0 Å². The summed E-state index contributed by atoms with van der Waals surface area (Å²) in [5.74, 6) is 0.638. The summed E-state index contributed by atoms with van der Waals surface area (Å²) >= 11 is 1.26. The van der Waals surface area contributed by atoms with E-state index >= 15 is 0 Å². The number of aromatic nitrogens is 4. The molecular weight excluding hydrogens is 352 g/mol. The highest BCUT2D eigenvalue weighted by molar-refractivity contribution is 7.90. The van der Waals surface area contributed by atoms with E-state index in [1.54, 1.807) is 23.6 Å². The molecule has 0 unspecified atom stereocenters. The molecule has 9 nitrogen and oxygen atoms in total. The third kappa shape index (κ3) is 3.36. The van der Waals surface area contributed by atoms with Gasteiger partial charge in [-0.2, -0.15) is 9.61 Å². The Morgan fingerprint density at radius 2 is 1.92 bits per heavy atom. The van der Waals surface area contributed by atoms with Crippen molar-refractivity contribution in [2.75, 3.05) is 0 Å². The second kappa shape index (κ2) is 6.17. The van der Waals surface area contributed by atoms with E-state index in [1.165, 1.54) is 23.5 Å². The Morgan fingerprint density at radius 3 is 2.58 bits per heavy atom. The highest BCUT2D eigenvalue weighted by atomic mass is 32.2. The van der Waals surface area contributed by atoms with Gasteiger partial charge < -0.3 is 5.32 Å². The molecule has 0 saturated carbocycles. The first-order valence-corrected chi connectivity index (χ1v) is 9.20. The molecule has 2 amide bonds. The van der Waals surface area contributed by atoms with E-state index < -0.39 is 16.1 Å². The van der Waals surface area contributed by atoms with Gasteiger partial charge in [0.25, 0.3) is 10.0 Å². The maximum absolute atomic E-state index is 12.1. The fraction of sp³-hybridized carbons (Fsp3) is 0.231. The quantitative estimate of drug-likeness (QED) is 0.711. The molecule has 2 aromatic heterocycles. The van der Waals surface area contributed by atoms with Gasteiger partial charge in [-0.1, -0.05) is 29.0 Å². The smallest absolute Gasteiger partial charge is 0.329 e. The number of amides is 2. The standard InChI is InChI=1S/C13H14N6O3S2/c1-8-3-5-10(6-4-8)24(21,22)18-12(20)14-7-11-17-19-9(2)15-16-13(19)23-11/h3-6H,7H2,1-2H3,(H2,14,18,20). The molecule has 0 fully saturated rings. The zero-order valence-electron chi connectivity index (χ0n) is 12.8. The highest BCUT2D eigenvalue weighted by Gasteiger charge is 2.17. The summed E-state index contributed by atoms with van der Waals surface area (Å²) in [5, 5.41) is 15.1. The number of urea groups is 1. The molecule has 2 heterocycles. The minimum Gasteiger partial charge on any atom is -0.331 e. The van der Waals surface area contributed by atoms with Crippen LogP contribution in [-0.4, -0.2) is 34.3 Å². The second-order valence-electron chi connectivity index (χ2n) is 5.04. The van der Waals surface area contributed by atoms with E-state index in [9.17, 15) is 13.2 Å². The Hall–Kier alpha value is -2.53. The summed E-state index contributed by atoms with van der Waals surface area (Å²) in [4.78, 5) is 12.5. The van der Waals surface area contributed by atoms with Crippen molar-refractivity contribution in [2.45, 2.75) is 25.3 Å². The average molecular weight is 366 g/mol. The van der Waals surface area contributed by atoms with Crippen LogP contribution in [0.3, 0.4) is 0 Å². The van der Waals surface area contributed by atoms with E-state index in [-0.39, 0.29) is 11.4 Å². The van der Waals surface area contributed by atoms with Crippen molar-refractivity contribution in [3.8, 4) is 0 Å². The number of hydrogen-bond donors (Lipinski definition) is 2. The minimum atomic E-state index is -3.91. The van der Waals surface area contributed by atoms with Gasteiger partial charge in [-0.3, -0.25) is 0 Å². The van der Waals surface area contributed by atoms with Crippen molar-refractivity contribution >= 4 is 32.4 Å². The molecule has 1 aromatic carbocycles. The number of nitrogens with one attached hydrogen (secondary N) is 2. The minimum absolute atomic E-state index is 0.0256. The molecule has 126 valence electrons. The molecule has 3 rings (SSSR count). The van der Waals surface area contributed by atoms with Gasteiger partial charge in [-0.25, -0.2) is 17.9 Å². The van der Waals surface area contributed by atoms with Gasteiger partial charge in [0.05, 0.1) is 11.4 Å². The van der Waals surface area contributed by atoms with Crippen LogP contribution in [-0.2, 0) is 16.6 Å². The van der Waals surface area contributed by atoms with Crippen molar-refractivity contribution in [1.82, 2.24) is 29.9 Å². The molecule has 11 heteroatoms. The fourth-order valence-electron chi connectivity index (χ4n) is 1.92. The number of benzene rings is 1. The lowest BCUT2D eigenvalue weighted by molar-refractivity contribution is 0.245. The summed E-state index contributed by atoms with van der Waals surface area (Å²) in [6, 6.07) is 5.38. The lowest BCUT2D eigenvalue weighted by atomic mass is 10.2. The molecule has 0 aliphatic rings. The fourth-order valence-corrected chi connectivity index (χ4v) is 3.66. The predicted octanol–water partition coefficient (Wildman–Crippen LogP) is 0.991. The summed E-state index contributed by atoms with van der Waals surface area (Å²) in [6.07, 6.45) is 0. The number of carbonyl (C=O) groups excluding carboxylic acids is 1. The SMILES string of the molecule is Cc1ccc(S(=O)(=O)NC(=O)NCc2nn3c(C)nnc3s2)cc1. The molecule has 0 radical (unpaired) electrons. The number of rotatable bonds is 4. The van der Waals surface area contributed by atoms with E-state index in [4.69, 9.17) is 0 Å². The topological polar surface area (TPSA) is 118 Å². The summed E-state index contributed by atoms with van der Waals surface area (Å²) < 4.78 is 27.7. The van der Waals surface area contributed by atoms with Gasteiger partial charge in [0.15, 0.2) is 5.82 Å². The Kier molecular flexibility index (Phi) is 4.20. The number of hydrogen-bond acceptors (Lipinski definition) is 7. The molecule has 24 heavy (non-hydrogen) atoms. The zero-order valence-corrected chi connectivity index (χ0v) is 14.5. The molecule has 0 aliphatic heterocycles. The van der Waals surface area contributed by atoms with E-state index in [0.717, 1.165) is 5.56 Å². The van der Waals surface area contributed by atoms with Gasteiger partial charge in [0.2, 0.25) is 4.96 Å². The Morgan fingerprint density at radius 1 is 1.21 bits per heavy atom. The van der Waals surface area contributed by atoms with E-state index in [1.807, 2.05) is 11.6 Å². The van der Waals surface area contributed by atoms with Crippen molar-refractivity contribution in [3.63, 3.8) is 0 Å². The first-order valence-electron chi connectivity index (χ1n) is 6.90. The first kappa shape index (κ1) is 16.3. The van der Waals surface area contributed by atoms with Crippen LogP contribution >= 0.6 is 11.3 Å². The van der Waals surface area contributed by atoms with Gasteiger partial charge >= 0.3 is 6.03 Å². The van der Waals surface area contributed by atoms with Gasteiger partial charge in [-0.05, 0) is 26.0 Å². The van der Waals surface area contributed by atoms with Crippen molar-refractivity contribution in [1.29, 1.82) is 0 Å². The summed E-state index contributed by atoms with van der Waals surface area (Å²) in [6.45, 7) is 3.69. The maximum Gasteiger partial charge on any atom is 0.329 e. The van der Waals surface area contributed by atoms with Gasteiger partial charge in [-0.15, -0.1) is 10.2 Å². The normalized spacial score (nSPS) is 11.6. The monoisotopic (exact) mass is 366 g/mol. The second-order valence-corrected chi connectivity index (χ2v) is 7.76. The van der Waals surface area contributed by atoms with Crippen LogP contribution in [0.1, 0.15) is 16.4 Å². The van der Waals surface area contributed by atoms with Gasteiger partial charge in [0, 0.05) is 0 Å². The molecule has 0 saturated heterocycles. The Balaban J connectivity index is 1.63. The van der Waals surface area contributed by atoms with Crippen LogP contribution < -0.4 is 10.0 Å². The van der Waals surface area contributed by atoms with E-state index in [2.05, 4.69) is 20.6 Å². The molecule has 0 aliphatic carbocycles. The number of aryl methyl sites for hydroxylation is 2. The molecule has 0 spiro atoms. The third-order valence-corrected chi connectivity index (χ3v) is 5.39. The van der Waals surface area contributed by atoms with E-state index in [0.29, 0.717) is 15.8 Å². The van der Waals surface area contributed by atoms with Crippen LogP contribution in [0, 0.1) is 13.8 Å². The number of fused-ring (bicyclic) bond motifs is 1. The lowest BCUT2D eigenvalue weighted by Gasteiger charge is -2.07. The van der Waals surface area contributed by atoms with Crippen LogP contribution in [0.5, 0.6) is 0 Å². The highest BCUT2D eigenvalue weighted by Crippen LogP contribution is 2.13. The van der Waals surface area contributed by atoms with Crippen molar-refractivity contribution in [2.24, 2.45) is 0 Å². The van der Waals surface area contributed by atoms with Crippen molar-refractivity contribution < 1.29 is 13.2 Å². The van der Waals surface area contributed by atoms with Crippen molar-refractivity contribution in [3.05, 3.63) is 40.7 Å². The van der Waals surface area contributed by atoms with Crippen LogP contribution in [0.15, 0.2) is 29.2 Å². The third-order valence-electron chi connectivity index (χ3n) is 3.15. The summed E-state index contributed by atoms with van der Waals surface area (Å²) in [7, 11) is -3.91. The lowest BCUT2D eigenvalue weighted by Crippen LogP contribution is -2.39.